The number of aliphatic hydroxyl groups excluding tert-OH is 1. The SMILES string of the molecule is COCC(O)CCNc1ccc(N)c(N)c1. The Hall–Kier alpha value is -1.46. The molecule has 1 atom stereocenters. The lowest BCUT2D eigenvalue weighted by Crippen LogP contribution is -2.18. The van der Waals surface area contributed by atoms with Crippen LogP contribution in [0.25, 0.3) is 0 Å². The van der Waals surface area contributed by atoms with Crippen LogP contribution in [0.2, 0.25) is 0 Å². The van der Waals surface area contributed by atoms with Gasteiger partial charge in [0.25, 0.3) is 0 Å². The van der Waals surface area contributed by atoms with Gasteiger partial charge < -0.3 is 26.6 Å². The van der Waals surface area contributed by atoms with Gasteiger partial charge in [0.15, 0.2) is 0 Å². The molecule has 0 aliphatic heterocycles. The van der Waals surface area contributed by atoms with Crippen LogP contribution in [0.4, 0.5) is 17.1 Å². The second-order valence-corrected chi connectivity index (χ2v) is 3.67. The molecule has 0 fully saturated rings. The lowest BCUT2D eigenvalue weighted by molar-refractivity contribution is 0.0615. The molecule has 6 N–H and O–H groups in total. The van der Waals surface area contributed by atoms with Gasteiger partial charge in [0.05, 0.1) is 24.1 Å². The summed E-state index contributed by atoms with van der Waals surface area (Å²) in [5.74, 6) is 0. The number of rotatable bonds is 6. The molecule has 0 aliphatic rings. The van der Waals surface area contributed by atoms with Crippen LogP contribution < -0.4 is 16.8 Å². The van der Waals surface area contributed by atoms with E-state index in [0.717, 1.165) is 5.69 Å². The van der Waals surface area contributed by atoms with E-state index in [1.54, 1.807) is 19.2 Å². The van der Waals surface area contributed by atoms with E-state index in [4.69, 9.17) is 16.2 Å². The Kier molecular flexibility index (Phi) is 4.88. The summed E-state index contributed by atoms with van der Waals surface area (Å²) >= 11 is 0. The molecule has 0 amide bonds. The van der Waals surface area contributed by atoms with Gasteiger partial charge in [-0.1, -0.05) is 0 Å². The molecule has 0 saturated heterocycles. The van der Waals surface area contributed by atoms with Crippen LogP contribution in [-0.2, 0) is 4.74 Å². The maximum Gasteiger partial charge on any atom is 0.0790 e. The predicted octanol–water partition coefficient (Wildman–Crippen LogP) is 0.660. The Balaban J connectivity index is 2.34. The molecule has 1 unspecified atom stereocenters. The molecule has 0 spiro atoms. The fraction of sp³-hybridized carbons (Fsp3) is 0.455. The van der Waals surface area contributed by atoms with Crippen molar-refractivity contribution in [3.8, 4) is 0 Å². The third kappa shape index (κ3) is 3.96. The average molecular weight is 225 g/mol. The second-order valence-electron chi connectivity index (χ2n) is 3.67. The van der Waals surface area contributed by atoms with Gasteiger partial charge in [0.1, 0.15) is 0 Å². The number of nitrogens with two attached hydrogens (primary N) is 2. The normalized spacial score (nSPS) is 12.4. The quantitative estimate of drug-likeness (QED) is 0.534. The number of hydrogen-bond donors (Lipinski definition) is 4. The molecule has 0 aliphatic carbocycles. The molecule has 16 heavy (non-hydrogen) atoms. The number of aliphatic hydroxyl groups is 1. The van der Waals surface area contributed by atoms with Crippen molar-refractivity contribution in [3.63, 3.8) is 0 Å². The second kappa shape index (κ2) is 6.19. The summed E-state index contributed by atoms with van der Waals surface area (Å²) in [7, 11) is 1.57. The summed E-state index contributed by atoms with van der Waals surface area (Å²) in [5.41, 5.74) is 13.3. The summed E-state index contributed by atoms with van der Waals surface area (Å²) in [4.78, 5) is 0. The van der Waals surface area contributed by atoms with E-state index in [1.807, 2.05) is 6.07 Å². The number of methoxy groups -OCH3 is 1. The van der Waals surface area contributed by atoms with Crippen LogP contribution in [0, 0.1) is 0 Å². The molecule has 1 rings (SSSR count). The number of anilines is 3. The van der Waals surface area contributed by atoms with Crippen molar-refractivity contribution >= 4 is 17.1 Å². The number of hydrogen-bond acceptors (Lipinski definition) is 5. The van der Waals surface area contributed by atoms with Gasteiger partial charge in [0.2, 0.25) is 0 Å². The number of nitrogens with one attached hydrogen (secondary N) is 1. The molecule has 0 radical (unpaired) electrons. The van der Waals surface area contributed by atoms with Crippen molar-refractivity contribution in [2.24, 2.45) is 0 Å². The minimum atomic E-state index is -0.441. The molecule has 5 nitrogen and oxygen atoms in total. The molecule has 90 valence electrons. The monoisotopic (exact) mass is 225 g/mol. The molecular formula is C11H19N3O2. The summed E-state index contributed by atoms with van der Waals surface area (Å²) in [6, 6.07) is 5.38. The Morgan fingerprint density at radius 1 is 1.38 bits per heavy atom. The van der Waals surface area contributed by atoms with E-state index in [-0.39, 0.29) is 0 Å². The Bertz CT molecular complexity index is 331. The van der Waals surface area contributed by atoms with Crippen molar-refractivity contribution in [1.29, 1.82) is 0 Å². The maximum absolute atomic E-state index is 9.42. The largest absolute Gasteiger partial charge is 0.397 e. The highest BCUT2D eigenvalue weighted by molar-refractivity contribution is 5.69. The van der Waals surface area contributed by atoms with E-state index in [2.05, 4.69) is 5.32 Å². The van der Waals surface area contributed by atoms with Crippen molar-refractivity contribution in [2.75, 3.05) is 37.0 Å². The Labute approximate surface area is 95.4 Å². The number of benzene rings is 1. The van der Waals surface area contributed by atoms with E-state index >= 15 is 0 Å². The highest BCUT2D eigenvalue weighted by Gasteiger charge is 2.03. The summed E-state index contributed by atoms with van der Waals surface area (Å²) in [5, 5.41) is 12.6. The number of ether oxygens (including phenoxy) is 1. The standard InChI is InChI=1S/C11H19N3O2/c1-16-7-9(15)4-5-14-8-2-3-10(12)11(13)6-8/h2-3,6,9,14-15H,4-5,7,12-13H2,1H3. The molecule has 0 aromatic heterocycles. The van der Waals surface area contributed by atoms with Gasteiger partial charge >= 0.3 is 0 Å². The first kappa shape index (κ1) is 12.6. The maximum atomic E-state index is 9.42. The topological polar surface area (TPSA) is 93.5 Å². The van der Waals surface area contributed by atoms with Gasteiger partial charge in [-0.3, -0.25) is 0 Å². The number of nitrogen functional groups attached to an aromatic ring is 2. The average Bonchev–Trinajstić information content (AvgIpc) is 2.24. The lowest BCUT2D eigenvalue weighted by atomic mass is 10.2. The molecule has 0 saturated carbocycles. The molecule has 0 bridgehead atoms. The molecular weight excluding hydrogens is 206 g/mol. The summed E-state index contributed by atoms with van der Waals surface area (Å²) < 4.78 is 4.83. The first-order valence-electron chi connectivity index (χ1n) is 5.19. The smallest absolute Gasteiger partial charge is 0.0790 e. The molecule has 1 aromatic carbocycles. The highest BCUT2D eigenvalue weighted by Crippen LogP contribution is 2.19. The first-order valence-corrected chi connectivity index (χ1v) is 5.19. The third-order valence-electron chi connectivity index (χ3n) is 2.25. The van der Waals surface area contributed by atoms with Gasteiger partial charge in [0, 0.05) is 19.3 Å². The van der Waals surface area contributed by atoms with Gasteiger partial charge in [-0.25, -0.2) is 0 Å². The van der Waals surface area contributed by atoms with E-state index in [1.165, 1.54) is 0 Å². The van der Waals surface area contributed by atoms with Gasteiger partial charge in [-0.15, -0.1) is 0 Å². The van der Waals surface area contributed by atoms with Gasteiger partial charge in [-0.2, -0.15) is 0 Å². The molecule has 1 aromatic rings. The summed E-state index contributed by atoms with van der Waals surface area (Å²) in [6.45, 7) is 1.01. The minimum Gasteiger partial charge on any atom is -0.397 e. The van der Waals surface area contributed by atoms with E-state index in [0.29, 0.717) is 30.9 Å². The Morgan fingerprint density at radius 2 is 2.12 bits per heavy atom. The highest BCUT2D eigenvalue weighted by atomic mass is 16.5. The fourth-order valence-electron chi connectivity index (χ4n) is 1.34. The zero-order valence-corrected chi connectivity index (χ0v) is 9.44. The van der Waals surface area contributed by atoms with Crippen LogP contribution in [-0.4, -0.2) is 31.5 Å². The first-order chi connectivity index (χ1) is 7.63. The van der Waals surface area contributed by atoms with Crippen molar-refractivity contribution < 1.29 is 9.84 Å². The van der Waals surface area contributed by atoms with Crippen LogP contribution >= 0.6 is 0 Å². The van der Waals surface area contributed by atoms with Crippen LogP contribution in [0.5, 0.6) is 0 Å². The zero-order chi connectivity index (χ0) is 12.0. The van der Waals surface area contributed by atoms with Crippen molar-refractivity contribution in [3.05, 3.63) is 18.2 Å². The zero-order valence-electron chi connectivity index (χ0n) is 9.44. The van der Waals surface area contributed by atoms with Gasteiger partial charge in [-0.05, 0) is 24.6 Å². The minimum absolute atomic E-state index is 0.353. The summed E-state index contributed by atoms with van der Waals surface area (Å²) in [6.07, 6.45) is 0.182. The van der Waals surface area contributed by atoms with Crippen molar-refractivity contribution in [2.45, 2.75) is 12.5 Å². The molecule has 5 heteroatoms. The Morgan fingerprint density at radius 3 is 2.75 bits per heavy atom. The van der Waals surface area contributed by atoms with E-state index in [9.17, 15) is 5.11 Å². The van der Waals surface area contributed by atoms with Crippen LogP contribution in [0.1, 0.15) is 6.42 Å². The predicted molar refractivity (Wildman–Crippen MR) is 66.3 cm³/mol. The van der Waals surface area contributed by atoms with Crippen LogP contribution in [0.15, 0.2) is 18.2 Å². The lowest BCUT2D eigenvalue weighted by Gasteiger charge is -2.11. The van der Waals surface area contributed by atoms with E-state index < -0.39 is 6.10 Å². The third-order valence-corrected chi connectivity index (χ3v) is 2.25. The van der Waals surface area contributed by atoms with Crippen LogP contribution in [0.3, 0.4) is 0 Å². The molecule has 0 heterocycles. The van der Waals surface area contributed by atoms with Crippen molar-refractivity contribution in [1.82, 2.24) is 0 Å². The fourth-order valence-corrected chi connectivity index (χ4v) is 1.34.